The predicted molar refractivity (Wildman–Crippen MR) is 264 cm³/mol. The Morgan fingerprint density at radius 1 is 0.560 bits per heavy atom. The van der Waals surface area contributed by atoms with E-state index in [1.165, 1.54) is 20.8 Å². The van der Waals surface area contributed by atoms with Gasteiger partial charge in [-0.1, -0.05) is 18.2 Å². The third kappa shape index (κ3) is 21.6. The third-order valence-corrected chi connectivity index (χ3v) is 10.9. The van der Waals surface area contributed by atoms with Crippen LogP contribution < -0.4 is 81.6 Å². The van der Waals surface area contributed by atoms with Gasteiger partial charge in [-0.3, -0.25) is 68.9 Å². The molecule has 1 aromatic heterocycles. The Balaban J connectivity index is 1.79. The number of nitrogens with zero attached hydrogens (tertiary/aromatic N) is 1. The average molecular weight is 1060 g/mol. The topological polar surface area (TPSA) is 533 Å². The molecule has 416 valence electrons. The Bertz CT molecular complexity index is 2350. The number of hydrazine groups is 1. The molecule has 0 fully saturated rings. The standard InChI is InChI=1S/C43H69N17O15/c1-20(53-28(16-61)38(71)51-15-34(67)57-31(19-64)42(75)55-21(2)36(69)58-26(35(44)68)9-6-10-48-43(45)46)32(65)13-50-39(72)29(17-62)56-33(66)14-52-40(73)30(18-63)59-37(70)22(3)54-41(74)27(60-47)11-23-12-49-25-8-5-4-7-24(23)25/h4-5,7-8,12,20-22,26-31,49,53,60-64H,6,9-11,13-19,47H2,1-3H3,(H2,44,68)(H,50,72)(H,51,71)(H,52,73)(H,54,74)(H,55,75)(H,56,66)(H,57,67)(H,58,69)(H,59,70)(H4,45,46,48)/t20?,21?,22?,26-,27-,28-,29-,30-,31-/m0/s1. The quantitative estimate of drug-likeness (QED) is 0.0102. The van der Waals surface area contributed by atoms with Gasteiger partial charge in [-0.15, -0.1) is 0 Å². The van der Waals surface area contributed by atoms with E-state index in [0.29, 0.717) is 0 Å². The van der Waals surface area contributed by atoms with Crippen molar-refractivity contribution in [1.29, 1.82) is 0 Å². The summed E-state index contributed by atoms with van der Waals surface area (Å²) in [6.07, 6.45) is 2.23. The number of carbonyl (C=O) groups excluding carboxylic acids is 11. The zero-order valence-electron chi connectivity index (χ0n) is 41.4. The lowest BCUT2D eigenvalue weighted by atomic mass is 10.0. The van der Waals surface area contributed by atoms with Crippen molar-refractivity contribution in [3.63, 3.8) is 0 Å². The summed E-state index contributed by atoms with van der Waals surface area (Å²) in [6.45, 7) is -2.08. The number of aliphatic hydroxyl groups excluding tert-OH is 4. The number of H-pyrrole nitrogens is 1. The van der Waals surface area contributed by atoms with Crippen LogP contribution in [0.2, 0.25) is 0 Å². The summed E-state index contributed by atoms with van der Waals surface area (Å²) < 4.78 is 0. The number of nitrogens with one attached hydrogen (secondary N) is 12. The summed E-state index contributed by atoms with van der Waals surface area (Å²) in [6, 6.07) is -4.80. The lowest BCUT2D eigenvalue weighted by Gasteiger charge is -2.23. The summed E-state index contributed by atoms with van der Waals surface area (Å²) in [7, 11) is 0. The number of hydrogen-bond acceptors (Lipinski definition) is 19. The van der Waals surface area contributed by atoms with Crippen LogP contribution in [-0.2, 0) is 59.2 Å². The van der Waals surface area contributed by atoms with Crippen LogP contribution in [0.5, 0.6) is 0 Å². The first-order chi connectivity index (χ1) is 35.5. The Labute approximate surface area is 428 Å². The number of aliphatic hydroxyl groups is 4. The number of aromatic amines is 1. The summed E-state index contributed by atoms with van der Waals surface area (Å²) in [5, 5.41) is 62.7. The summed E-state index contributed by atoms with van der Waals surface area (Å²) in [4.78, 5) is 146. The number of carbonyl (C=O) groups is 11. The molecular weight excluding hydrogens is 995 g/mol. The van der Waals surface area contributed by atoms with Crippen molar-refractivity contribution in [2.45, 2.75) is 94.4 Å². The van der Waals surface area contributed by atoms with E-state index in [-0.39, 0.29) is 31.8 Å². The normalized spacial score (nSPS) is 14.6. The van der Waals surface area contributed by atoms with Crippen molar-refractivity contribution in [3.05, 3.63) is 36.0 Å². The van der Waals surface area contributed by atoms with Crippen LogP contribution in [0.15, 0.2) is 35.5 Å². The van der Waals surface area contributed by atoms with Crippen molar-refractivity contribution in [2.75, 3.05) is 52.6 Å². The van der Waals surface area contributed by atoms with Crippen molar-refractivity contribution >= 4 is 81.7 Å². The van der Waals surface area contributed by atoms with Crippen LogP contribution in [0.25, 0.3) is 10.9 Å². The van der Waals surface area contributed by atoms with Gasteiger partial charge >= 0.3 is 0 Å². The summed E-state index contributed by atoms with van der Waals surface area (Å²) in [5.41, 5.74) is 19.9. The Hall–Kier alpha value is -7.88. The zero-order valence-corrected chi connectivity index (χ0v) is 41.4. The Morgan fingerprint density at radius 3 is 1.53 bits per heavy atom. The maximum absolute atomic E-state index is 13.0. The van der Waals surface area contributed by atoms with Gasteiger partial charge in [0.15, 0.2) is 11.7 Å². The van der Waals surface area contributed by atoms with Gasteiger partial charge in [-0.05, 0) is 45.2 Å². The Morgan fingerprint density at radius 2 is 1.03 bits per heavy atom. The van der Waals surface area contributed by atoms with E-state index in [0.717, 1.165) is 16.5 Å². The fourth-order valence-electron chi connectivity index (χ4n) is 6.60. The minimum absolute atomic E-state index is 0.0703. The SMILES string of the molecule is CC(N[C@@H](CO)C(=O)NCC(=O)N[C@@H](CO)C(=O)NC(C)C(=O)N[C@@H](CCCN=C(N)N)C(N)=O)C(=O)CNC(=O)[C@H](CO)NC(=O)CNC(=O)[C@H](CO)NC(=O)C(C)NC(=O)[C@H](Cc1c[nH]c2ccccc12)NN. The van der Waals surface area contributed by atoms with E-state index in [1.807, 2.05) is 24.3 Å². The average Bonchev–Trinajstić information content (AvgIpc) is 3.79. The number of aliphatic imine (C=N–C) groups is 1. The fraction of sp³-hybridized carbons (Fsp3) is 0.535. The smallest absolute Gasteiger partial charge is 0.245 e. The molecule has 3 unspecified atom stereocenters. The van der Waals surface area contributed by atoms with E-state index in [1.54, 1.807) is 6.20 Å². The van der Waals surface area contributed by atoms with Crippen molar-refractivity contribution in [1.82, 2.24) is 63.6 Å². The van der Waals surface area contributed by atoms with Gasteiger partial charge in [-0.2, -0.15) is 0 Å². The molecule has 2 rings (SSSR count). The van der Waals surface area contributed by atoms with Gasteiger partial charge in [0, 0.05) is 30.1 Å². The molecule has 10 amide bonds. The van der Waals surface area contributed by atoms with Crippen LogP contribution in [0, 0.1) is 0 Å². The van der Waals surface area contributed by atoms with Crippen LogP contribution >= 0.6 is 0 Å². The molecule has 0 spiro atoms. The van der Waals surface area contributed by atoms with E-state index in [4.69, 9.17) is 23.0 Å². The highest BCUT2D eigenvalue weighted by molar-refractivity contribution is 5.97. The molecule has 2 aromatic rings. The molecule has 32 nitrogen and oxygen atoms in total. The first-order valence-electron chi connectivity index (χ1n) is 23.2. The minimum Gasteiger partial charge on any atom is -0.394 e. The van der Waals surface area contributed by atoms with Gasteiger partial charge in [0.05, 0.1) is 52.1 Å². The maximum Gasteiger partial charge on any atom is 0.245 e. The number of aromatic nitrogens is 1. The number of rotatable bonds is 34. The van der Waals surface area contributed by atoms with Crippen LogP contribution in [-0.4, -0.2) is 203 Å². The number of hydrogen-bond donors (Lipinski definition) is 20. The molecule has 24 N–H and O–H groups in total. The van der Waals surface area contributed by atoms with E-state index in [9.17, 15) is 73.2 Å². The molecule has 0 saturated carbocycles. The number of guanidine groups is 1. The molecule has 9 atom stereocenters. The number of amides is 10. The Kier molecular flexibility index (Phi) is 27.3. The molecule has 1 aromatic carbocycles. The van der Waals surface area contributed by atoms with Crippen molar-refractivity contribution in [3.8, 4) is 0 Å². The zero-order chi connectivity index (χ0) is 56.4. The van der Waals surface area contributed by atoms with Crippen LogP contribution in [0.4, 0.5) is 0 Å². The van der Waals surface area contributed by atoms with Gasteiger partial charge in [0.25, 0.3) is 0 Å². The summed E-state index contributed by atoms with van der Waals surface area (Å²) in [5.74, 6) is -4.63. The minimum atomic E-state index is -1.65. The van der Waals surface area contributed by atoms with Crippen molar-refractivity contribution in [2.24, 2.45) is 28.0 Å². The van der Waals surface area contributed by atoms with E-state index in [2.05, 4.69) is 68.6 Å². The van der Waals surface area contributed by atoms with Gasteiger partial charge < -0.3 is 90.5 Å². The first-order valence-corrected chi connectivity index (χ1v) is 23.2. The van der Waals surface area contributed by atoms with Crippen LogP contribution in [0.1, 0.15) is 39.2 Å². The number of Topliss-reactive ketones (excluding diaryl/α,β-unsaturated/α-hetero) is 1. The number of primary amides is 1. The number of nitrogens with two attached hydrogens (primary N) is 4. The highest BCUT2D eigenvalue weighted by Crippen LogP contribution is 2.19. The highest BCUT2D eigenvalue weighted by Gasteiger charge is 2.30. The maximum atomic E-state index is 13.0. The molecule has 0 radical (unpaired) electrons. The second kappa shape index (κ2) is 32.3. The predicted octanol–water partition coefficient (Wildman–Crippen LogP) is -10.7. The monoisotopic (exact) mass is 1060 g/mol. The van der Waals surface area contributed by atoms with E-state index >= 15 is 0 Å². The first kappa shape index (κ1) is 63.2. The summed E-state index contributed by atoms with van der Waals surface area (Å²) >= 11 is 0. The molecule has 1 heterocycles. The molecule has 0 bridgehead atoms. The molecule has 75 heavy (non-hydrogen) atoms. The number of fused-ring (bicyclic) bond motifs is 1. The van der Waals surface area contributed by atoms with Gasteiger partial charge in [0.1, 0.15) is 48.3 Å². The van der Waals surface area contributed by atoms with Gasteiger partial charge in [0.2, 0.25) is 59.1 Å². The highest BCUT2D eigenvalue weighted by atomic mass is 16.3. The van der Waals surface area contributed by atoms with Gasteiger partial charge in [-0.25, -0.2) is 5.43 Å². The largest absolute Gasteiger partial charge is 0.394 e. The molecule has 0 aliphatic rings. The second-order valence-corrected chi connectivity index (χ2v) is 16.7. The fourth-order valence-corrected chi connectivity index (χ4v) is 6.60. The third-order valence-electron chi connectivity index (χ3n) is 10.9. The van der Waals surface area contributed by atoms with E-state index < -0.39 is 165 Å². The number of ketones is 1. The molecule has 0 aliphatic carbocycles. The molecular formula is C43H69N17O15. The number of para-hydroxylation sites is 1. The molecule has 0 saturated heterocycles. The van der Waals surface area contributed by atoms with Crippen LogP contribution in [0.3, 0.4) is 0 Å². The number of benzene rings is 1. The molecule has 0 aliphatic heterocycles. The second-order valence-electron chi connectivity index (χ2n) is 16.7. The van der Waals surface area contributed by atoms with Crippen molar-refractivity contribution < 1.29 is 73.2 Å². The lowest BCUT2D eigenvalue weighted by Crippen LogP contribution is -2.58. The lowest BCUT2D eigenvalue weighted by molar-refractivity contribution is -0.134. The molecule has 32 heteroatoms.